The molecule has 0 atom stereocenters. The highest BCUT2D eigenvalue weighted by Crippen LogP contribution is 2.32. The lowest BCUT2D eigenvalue weighted by molar-refractivity contribution is -0.384. The molecule has 1 aliphatic heterocycles. The van der Waals surface area contributed by atoms with Crippen LogP contribution in [-0.4, -0.2) is 42.5 Å². The minimum atomic E-state index is -0.408. The summed E-state index contributed by atoms with van der Waals surface area (Å²) in [6.45, 7) is 4.42. The Bertz CT molecular complexity index is 862. The van der Waals surface area contributed by atoms with Crippen LogP contribution in [0.3, 0.4) is 0 Å². The van der Waals surface area contributed by atoms with Crippen molar-refractivity contribution in [1.82, 2.24) is 4.90 Å². The Hall–Kier alpha value is -3.09. The van der Waals surface area contributed by atoms with Crippen molar-refractivity contribution in [2.24, 2.45) is 0 Å². The van der Waals surface area contributed by atoms with E-state index >= 15 is 0 Å². The minimum Gasteiger partial charge on any atom is -0.494 e. The number of nitrogens with zero attached hydrogens (tertiary/aromatic N) is 3. The van der Waals surface area contributed by atoms with Crippen LogP contribution < -0.4 is 9.64 Å². The molecule has 148 valence electrons. The molecule has 0 N–H and O–H groups in total. The molecule has 1 aliphatic rings. The maximum Gasteiger partial charge on any atom is 0.293 e. The zero-order chi connectivity index (χ0) is 20.1. The first kappa shape index (κ1) is 19.7. The average molecular weight is 383 g/mol. The van der Waals surface area contributed by atoms with Gasteiger partial charge in [-0.25, -0.2) is 0 Å². The first-order valence-electron chi connectivity index (χ1n) is 9.50. The second kappa shape index (κ2) is 8.73. The van der Waals surface area contributed by atoms with Gasteiger partial charge in [0.2, 0.25) is 0 Å². The smallest absolute Gasteiger partial charge is 0.293 e. The van der Waals surface area contributed by atoms with Crippen LogP contribution in [0.25, 0.3) is 0 Å². The van der Waals surface area contributed by atoms with Gasteiger partial charge in [-0.05, 0) is 38.0 Å². The molecule has 1 heterocycles. The highest BCUT2D eigenvalue weighted by atomic mass is 16.6. The first-order valence-corrected chi connectivity index (χ1v) is 9.50. The van der Waals surface area contributed by atoms with E-state index in [4.69, 9.17) is 4.74 Å². The van der Waals surface area contributed by atoms with Crippen molar-refractivity contribution >= 4 is 17.3 Å². The van der Waals surface area contributed by atoms with Crippen LogP contribution in [0.15, 0.2) is 42.5 Å². The summed E-state index contributed by atoms with van der Waals surface area (Å²) in [4.78, 5) is 27.6. The number of amides is 1. The number of hydrogen-bond acceptors (Lipinski definition) is 5. The summed E-state index contributed by atoms with van der Waals surface area (Å²) in [5.74, 6) is 0.474. The van der Waals surface area contributed by atoms with Gasteiger partial charge in [0.25, 0.3) is 11.6 Å². The zero-order valence-corrected chi connectivity index (χ0v) is 16.3. The van der Waals surface area contributed by atoms with Gasteiger partial charge in [-0.15, -0.1) is 0 Å². The first-order chi connectivity index (χ1) is 13.5. The monoisotopic (exact) mass is 383 g/mol. The van der Waals surface area contributed by atoms with E-state index in [2.05, 4.69) is 0 Å². The summed E-state index contributed by atoms with van der Waals surface area (Å²) in [6.07, 6.45) is 2.06. The summed E-state index contributed by atoms with van der Waals surface area (Å²) in [5, 5.41) is 11.6. The van der Waals surface area contributed by atoms with Crippen LogP contribution in [0, 0.1) is 10.1 Å². The van der Waals surface area contributed by atoms with Gasteiger partial charge in [0, 0.05) is 43.9 Å². The maximum atomic E-state index is 12.9. The summed E-state index contributed by atoms with van der Waals surface area (Å²) in [7, 11) is 1.69. The Morgan fingerprint density at radius 3 is 2.61 bits per heavy atom. The summed E-state index contributed by atoms with van der Waals surface area (Å²) in [5.41, 5.74) is 1.77. The number of nitro benzene ring substituents is 1. The van der Waals surface area contributed by atoms with Crippen LogP contribution in [0.4, 0.5) is 11.4 Å². The number of para-hydroxylation sites is 1. The Morgan fingerprint density at radius 2 is 1.93 bits per heavy atom. The Labute approximate surface area is 164 Å². The molecule has 0 radical (unpaired) electrons. The third-order valence-corrected chi connectivity index (χ3v) is 4.89. The van der Waals surface area contributed by atoms with Gasteiger partial charge in [0.15, 0.2) is 0 Å². The molecule has 7 heteroatoms. The molecule has 0 aliphatic carbocycles. The molecule has 1 fully saturated rings. The van der Waals surface area contributed by atoms with E-state index in [-0.39, 0.29) is 11.6 Å². The summed E-state index contributed by atoms with van der Waals surface area (Å²) >= 11 is 0. The molecule has 0 unspecified atom stereocenters. The van der Waals surface area contributed by atoms with Crippen LogP contribution in [-0.2, 0) is 6.54 Å². The van der Waals surface area contributed by atoms with Crippen molar-refractivity contribution in [3.63, 3.8) is 0 Å². The molecule has 7 nitrogen and oxygen atoms in total. The zero-order valence-electron chi connectivity index (χ0n) is 16.3. The molecule has 0 bridgehead atoms. The van der Waals surface area contributed by atoms with Gasteiger partial charge in [0.1, 0.15) is 11.4 Å². The van der Waals surface area contributed by atoms with Gasteiger partial charge in [0.05, 0.1) is 11.5 Å². The summed E-state index contributed by atoms with van der Waals surface area (Å²) < 4.78 is 5.61. The van der Waals surface area contributed by atoms with Crippen molar-refractivity contribution in [2.45, 2.75) is 26.3 Å². The lowest BCUT2D eigenvalue weighted by Gasteiger charge is -2.21. The number of anilines is 1. The van der Waals surface area contributed by atoms with E-state index in [1.165, 1.54) is 6.07 Å². The highest BCUT2D eigenvalue weighted by molar-refractivity contribution is 5.95. The van der Waals surface area contributed by atoms with Gasteiger partial charge in [-0.1, -0.05) is 18.2 Å². The van der Waals surface area contributed by atoms with Gasteiger partial charge < -0.3 is 14.5 Å². The average Bonchev–Trinajstić information content (AvgIpc) is 3.23. The van der Waals surface area contributed by atoms with Crippen molar-refractivity contribution in [1.29, 1.82) is 0 Å². The second-order valence-electron chi connectivity index (χ2n) is 6.86. The number of nitro groups is 1. The fourth-order valence-electron chi connectivity index (χ4n) is 3.51. The van der Waals surface area contributed by atoms with Crippen LogP contribution in [0.1, 0.15) is 35.7 Å². The predicted octanol–water partition coefficient (Wildman–Crippen LogP) is 3.87. The van der Waals surface area contributed by atoms with Crippen molar-refractivity contribution in [3.05, 3.63) is 63.7 Å². The Kier molecular flexibility index (Phi) is 6.13. The number of ether oxygens (including phenoxy) is 1. The van der Waals surface area contributed by atoms with E-state index in [0.29, 0.717) is 24.4 Å². The normalized spacial score (nSPS) is 13.4. The molecule has 1 amide bonds. The van der Waals surface area contributed by atoms with Crippen molar-refractivity contribution < 1.29 is 14.5 Å². The van der Waals surface area contributed by atoms with Crippen LogP contribution in [0.2, 0.25) is 0 Å². The topological polar surface area (TPSA) is 75.9 Å². The van der Waals surface area contributed by atoms with E-state index in [1.54, 1.807) is 24.1 Å². The third kappa shape index (κ3) is 4.24. The quantitative estimate of drug-likeness (QED) is 0.536. The SMILES string of the molecule is CCOc1ccccc1CN(C)C(=O)c1ccc(N2CCCC2)c([N+](=O)[O-])c1. The van der Waals surface area contributed by atoms with Gasteiger partial charge in [-0.3, -0.25) is 14.9 Å². The minimum absolute atomic E-state index is 0.0177. The lowest BCUT2D eigenvalue weighted by atomic mass is 10.1. The summed E-state index contributed by atoms with van der Waals surface area (Å²) in [6, 6.07) is 12.3. The Morgan fingerprint density at radius 1 is 1.21 bits per heavy atom. The molecule has 0 spiro atoms. The van der Waals surface area contributed by atoms with E-state index < -0.39 is 4.92 Å². The van der Waals surface area contributed by atoms with Gasteiger partial charge in [-0.2, -0.15) is 0 Å². The number of hydrogen-bond donors (Lipinski definition) is 0. The molecule has 2 aromatic rings. The van der Waals surface area contributed by atoms with E-state index in [0.717, 1.165) is 37.2 Å². The lowest BCUT2D eigenvalue weighted by Crippen LogP contribution is -2.27. The fraction of sp³-hybridized carbons (Fsp3) is 0.381. The molecular formula is C21H25N3O4. The molecule has 3 rings (SSSR count). The van der Waals surface area contributed by atoms with Gasteiger partial charge >= 0.3 is 0 Å². The standard InChI is InChI=1S/C21H25N3O4/c1-3-28-20-9-5-4-8-17(20)15-22(2)21(25)16-10-11-18(19(14-16)24(26)27)23-12-6-7-13-23/h4-5,8-11,14H,3,6-7,12-13,15H2,1-2H3. The number of carbonyl (C=O) groups is 1. The molecule has 1 saturated heterocycles. The largest absolute Gasteiger partial charge is 0.494 e. The maximum absolute atomic E-state index is 12.9. The molecule has 0 aromatic heterocycles. The van der Waals surface area contributed by atoms with E-state index in [9.17, 15) is 14.9 Å². The van der Waals surface area contributed by atoms with Crippen LogP contribution >= 0.6 is 0 Å². The second-order valence-corrected chi connectivity index (χ2v) is 6.86. The number of carbonyl (C=O) groups excluding carboxylic acids is 1. The van der Waals surface area contributed by atoms with Crippen molar-refractivity contribution in [3.8, 4) is 5.75 Å². The Balaban J connectivity index is 1.81. The third-order valence-electron chi connectivity index (χ3n) is 4.89. The van der Waals surface area contributed by atoms with Crippen LogP contribution in [0.5, 0.6) is 5.75 Å². The van der Waals surface area contributed by atoms with Crippen molar-refractivity contribution in [2.75, 3.05) is 31.6 Å². The predicted molar refractivity (Wildman–Crippen MR) is 108 cm³/mol. The molecule has 2 aromatic carbocycles. The number of benzene rings is 2. The fourth-order valence-corrected chi connectivity index (χ4v) is 3.51. The number of rotatable bonds is 7. The molecule has 0 saturated carbocycles. The molecular weight excluding hydrogens is 358 g/mol. The molecule has 28 heavy (non-hydrogen) atoms. The van der Waals surface area contributed by atoms with E-state index in [1.807, 2.05) is 36.1 Å². The highest BCUT2D eigenvalue weighted by Gasteiger charge is 2.25.